The Morgan fingerprint density at radius 1 is 1.14 bits per heavy atom. The van der Waals surface area contributed by atoms with E-state index in [1.165, 1.54) is 0 Å². The Morgan fingerprint density at radius 2 is 1.91 bits per heavy atom. The van der Waals surface area contributed by atoms with E-state index in [0.717, 1.165) is 11.5 Å². The fourth-order valence-corrected chi connectivity index (χ4v) is 1.95. The number of ether oxygens (including phenoxy) is 2. The van der Waals surface area contributed by atoms with Crippen molar-refractivity contribution in [3.05, 3.63) is 48.5 Å². The first kappa shape index (κ1) is 15.7. The summed E-state index contributed by atoms with van der Waals surface area (Å²) in [6.45, 7) is 0.470. The van der Waals surface area contributed by atoms with Crippen LogP contribution >= 0.6 is 0 Å². The van der Waals surface area contributed by atoms with E-state index in [4.69, 9.17) is 15.2 Å². The molecule has 3 N–H and O–H groups in total. The number of carbonyl (C=O) groups excluding carboxylic acids is 1. The van der Waals surface area contributed by atoms with Gasteiger partial charge in [-0.25, -0.2) is 0 Å². The summed E-state index contributed by atoms with van der Waals surface area (Å²) in [5, 5.41) is 2.81. The molecule has 5 nitrogen and oxygen atoms in total. The van der Waals surface area contributed by atoms with Gasteiger partial charge in [0.25, 0.3) is 0 Å². The third-order valence-electron chi connectivity index (χ3n) is 3.03. The van der Waals surface area contributed by atoms with Gasteiger partial charge in [0.2, 0.25) is 5.91 Å². The van der Waals surface area contributed by atoms with Gasteiger partial charge >= 0.3 is 0 Å². The van der Waals surface area contributed by atoms with E-state index in [-0.39, 0.29) is 5.91 Å². The molecule has 0 fully saturated rings. The van der Waals surface area contributed by atoms with Crippen LogP contribution in [0.1, 0.15) is 12.8 Å². The molecule has 0 saturated heterocycles. The number of hydrogen-bond acceptors (Lipinski definition) is 4. The third kappa shape index (κ3) is 5.01. The number of nitrogen functional groups attached to an aromatic ring is 1. The topological polar surface area (TPSA) is 73.6 Å². The van der Waals surface area contributed by atoms with Crippen LogP contribution in [0.2, 0.25) is 0 Å². The van der Waals surface area contributed by atoms with Gasteiger partial charge in [-0.15, -0.1) is 0 Å². The number of amides is 1. The van der Waals surface area contributed by atoms with Gasteiger partial charge in [-0.2, -0.15) is 0 Å². The molecule has 0 saturated carbocycles. The highest BCUT2D eigenvalue weighted by Crippen LogP contribution is 2.19. The summed E-state index contributed by atoms with van der Waals surface area (Å²) in [7, 11) is 1.61. The second-order valence-electron chi connectivity index (χ2n) is 4.80. The standard InChI is InChI=1S/C17H20N2O3/c1-21-15-7-3-8-16(12-15)22-10-4-9-17(20)19-14-6-2-5-13(18)11-14/h2-3,5-8,11-12H,4,9-10,18H2,1H3,(H,19,20). The van der Waals surface area contributed by atoms with Crippen molar-refractivity contribution in [1.29, 1.82) is 0 Å². The first-order valence-corrected chi connectivity index (χ1v) is 7.09. The molecular weight excluding hydrogens is 280 g/mol. The second kappa shape index (κ2) is 7.93. The molecule has 0 heterocycles. The fraction of sp³-hybridized carbons (Fsp3) is 0.235. The van der Waals surface area contributed by atoms with E-state index >= 15 is 0 Å². The van der Waals surface area contributed by atoms with Crippen molar-refractivity contribution in [2.24, 2.45) is 0 Å². The Bertz CT molecular complexity index is 629. The molecule has 1 amide bonds. The molecule has 0 unspecified atom stereocenters. The van der Waals surface area contributed by atoms with Crippen LogP contribution in [0.5, 0.6) is 11.5 Å². The number of rotatable bonds is 7. The van der Waals surface area contributed by atoms with Crippen molar-refractivity contribution in [3.8, 4) is 11.5 Å². The van der Waals surface area contributed by atoms with E-state index in [2.05, 4.69) is 5.32 Å². The SMILES string of the molecule is COc1cccc(OCCCC(=O)Nc2cccc(N)c2)c1. The lowest BCUT2D eigenvalue weighted by Gasteiger charge is -2.08. The summed E-state index contributed by atoms with van der Waals surface area (Å²) in [6, 6.07) is 14.5. The average Bonchev–Trinajstić information content (AvgIpc) is 2.52. The zero-order valence-electron chi connectivity index (χ0n) is 12.5. The summed E-state index contributed by atoms with van der Waals surface area (Å²) >= 11 is 0. The zero-order chi connectivity index (χ0) is 15.8. The second-order valence-corrected chi connectivity index (χ2v) is 4.80. The molecule has 2 aromatic carbocycles. The van der Waals surface area contributed by atoms with Crippen LogP contribution < -0.4 is 20.5 Å². The minimum atomic E-state index is -0.0557. The van der Waals surface area contributed by atoms with E-state index in [1.807, 2.05) is 24.3 Å². The molecule has 0 spiro atoms. The number of anilines is 2. The highest BCUT2D eigenvalue weighted by atomic mass is 16.5. The summed E-state index contributed by atoms with van der Waals surface area (Å²) in [4.78, 5) is 11.8. The molecule has 22 heavy (non-hydrogen) atoms. The third-order valence-corrected chi connectivity index (χ3v) is 3.03. The predicted octanol–water partition coefficient (Wildman–Crippen LogP) is 3.08. The lowest BCUT2D eigenvalue weighted by molar-refractivity contribution is -0.116. The van der Waals surface area contributed by atoms with Crippen molar-refractivity contribution in [2.45, 2.75) is 12.8 Å². The zero-order valence-corrected chi connectivity index (χ0v) is 12.5. The summed E-state index contributed by atoms with van der Waals surface area (Å²) < 4.78 is 10.7. The van der Waals surface area contributed by atoms with Crippen LogP contribution in [0.15, 0.2) is 48.5 Å². The molecule has 0 aliphatic rings. The van der Waals surface area contributed by atoms with Gasteiger partial charge in [0.15, 0.2) is 0 Å². The van der Waals surface area contributed by atoms with Crippen molar-refractivity contribution in [2.75, 3.05) is 24.8 Å². The Morgan fingerprint density at radius 3 is 2.68 bits per heavy atom. The largest absolute Gasteiger partial charge is 0.497 e. The van der Waals surface area contributed by atoms with E-state index < -0.39 is 0 Å². The molecule has 2 aromatic rings. The van der Waals surface area contributed by atoms with Gasteiger partial charge in [0.1, 0.15) is 11.5 Å². The van der Waals surface area contributed by atoms with Gasteiger partial charge in [-0.1, -0.05) is 12.1 Å². The highest BCUT2D eigenvalue weighted by molar-refractivity contribution is 5.91. The molecule has 2 rings (SSSR count). The number of carbonyl (C=O) groups is 1. The first-order valence-electron chi connectivity index (χ1n) is 7.09. The molecule has 5 heteroatoms. The Kier molecular flexibility index (Phi) is 5.65. The van der Waals surface area contributed by atoms with Gasteiger partial charge in [0, 0.05) is 23.9 Å². The highest BCUT2D eigenvalue weighted by Gasteiger charge is 2.03. The summed E-state index contributed by atoms with van der Waals surface area (Å²) in [5.41, 5.74) is 6.99. The minimum Gasteiger partial charge on any atom is -0.497 e. The molecule has 0 aromatic heterocycles. The number of nitrogens with one attached hydrogen (secondary N) is 1. The van der Waals surface area contributed by atoms with Crippen molar-refractivity contribution >= 4 is 17.3 Å². The molecule has 0 aliphatic carbocycles. The van der Waals surface area contributed by atoms with Gasteiger partial charge in [-0.05, 0) is 36.8 Å². The van der Waals surface area contributed by atoms with Gasteiger partial charge < -0.3 is 20.5 Å². The minimum absolute atomic E-state index is 0.0557. The maximum absolute atomic E-state index is 11.8. The van der Waals surface area contributed by atoms with Crippen LogP contribution in [0.4, 0.5) is 11.4 Å². The van der Waals surface area contributed by atoms with Gasteiger partial charge in [-0.3, -0.25) is 4.79 Å². The quantitative estimate of drug-likeness (QED) is 0.609. The monoisotopic (exact) mass is 300 g/mol. The van der Waals surface area contributed by atoms with Crippen LogP contribution in [0, 0.1) is 0 Å². The predicted molar refractivity (Wildman–Crippen MR) is 87.2 cm³/mol. The van der Waals surface area contributed by atoms with Crippen LogP contribution in [-0.4, -0.2) is 19.6 Å². The lowest BCUT2D eigenvalue weighted by Crippen LogP contribution is -2.12. The molecule has 0 radical (unpaired) electrons. The lowest BCUT2D eigenvalue weighted by atomic mass is 10.2. The maximum Gasteiger partial charge on any atom is 0.224 e. The van der Waals surface area contributed by atoms with Crippen molar-refractivity contribution < 1.29 is 14.3 Å². The van der Waals surface area contributed by atoms with Crippen LogP contribution in [0.25, 0.3) is 0 Å². The summed E-state index contributed by atoms with van der Waals surface area (Å²) in [5.74, 6) is 1.42. The Balaban J connectivity index is 1.70. The first-order chi connectivity index (χ1) is 10.7. The van der Waals surface area contributed by atoms with Gasteiger partial charge in [0.05, 0.1) is 13.7 Å². The van der Waals surface area contributed by atoms with E-state index in [9.17, 15) is 4.79 Å². The fourth-order valence-electron chi connectivity index (χ4n) is 1.95. The van der Waals surface area contributed by atoms with Crippen LogP contribution in [0.3, 0.4) is 0 Å². The van der Waals surface area contributed by atoms with Crippen LogP contribution in [-0.2, 0) is 4.79 Å². The normalized spacial score (nSPS) is 10.0. The number of hydrogen-bond donors (Lipinski definition) is 2. The Labute approximate surface area is 130 Å². The van der Waals surface area contributed by atoms with E-state index in [1.54, 1.807) is 31.4 Å². The molecule has 116 valence electrons. The number of nitrogens with two attached hydrogens (primary N) is 1. The number of methoxy groups -OCH3 is 1. The molecule has 0 aliphatic heterocycles. The molecular formula is C17H20N2O3. The molecule has 0 atom stereocenters. The smallest absolute Gasteiger partial charge is 0.224 e. The maximum atomic E-state index is 11.8. The van der Waals surface area contributed by atoms with Crippen molar-refractivity contribution in [1.82, 2.24) is 0 Å². The molecule has 0 bridgehead atoms. The average molecular weight is 300 g/mol. The Hall–Kier alpha value is -2.69. The summed E-state index contributed by atoms with van der Waals surface area (Å²) in [6.07, 6.45) is 1.02. The van der Waals surface area contributed by atoms with E-state index in [0.29, 0.717) is 30.8 Å². The van der Waals surface area contributed by atoms with Crippen molar-refractivity contribution in [3.63, 3.8) is 0 Å². The number of benzene rings is 2.